The van der Waals surface area contributed by atoms with E-state index in [2.05, 4.69) is 20.3 Å². The van der Waals surface area contributed by atoms with Gasteiger partial charge in [-0.25, -0.2) is 19.3 Å². The largest absolute Gasteiger partial charge is 0.448 e. The van der Waals surface area contributed by atoms with Gasteiger partial charge in [0.25, 0.3) is 5.91 Å². The first-order chi connectivity index (χ1) is 18.2. The second-order valence-corrected chi connectivity index (χ2v) is 9.81. The average Bonchev–Trinajstić information content (AvgIpc) is 3.57. The Morgan fingerprint density at radius 3 is 2.53 bits per heavy atom. The minimum absolute atomic E-state index is 0.0220. The molecule has 0 unspecified atom stereocenters. The predicted molar refractivity (Wildman–Crippen MR) is 134 cm³/mol. The molecule has 3 aromatic rings. The summed E-state index contributed by atoms with van der Waals surface area (Å²) in [7, 11) is 0. The number of carbonyl (C=O) groups is 2. The van der Waals surface area contributed by atoms with E-state index in [4.69, 9.17) is 24.9 Å². The summed E-state index contributed by atoms with van der Waals surface area (Å²) in [5.41, 5.74) is 5.37. The number of hydrogen-bond acceptors (Lipinski definition) is 9. The molecule has 0 atom stereocenters. The van der Waals surface area contributed by atoms with Gasteiger partial charge >= 0.3 is 5.97 Å². The normalized spacial score (nSPS) is 22.0. The minimum Gasteiger partial charge on any atom is -0.448 e. The number of nitrogens with zero attached hydrogens (tertiary/aromatic N) is 3. The van der Waals surface area contributed by atoms with Crippen molar-refractivity contribution in [2.75, 3.05) is 25.1 Å². The number of carbonyl (C=O) groups excluding carboxylic acids is 2. The van der Waals surface area contributed by atoms with Gasteiger partial charge in [-0.2, -0.15) is 0 Å². The van der Waals surface area contributed by atoms with Gasteiger partial charge < -0.3 is 30.2 Å². The number of rotatable bonds is 9. The molecule has 0 bridgehead atoms. The van der Waals surface area contributed by atoms with E-state index in [1.54, 1.807) is 31.3 Å². The highest BCUT2D eigenvalue weighted by molar-refractivity contribution is 5.90. The lowest BCUT2D eigenvalue weighted by atomic mass is 9.92. The standard InChI is InChI=1S/C26H29FN6O5/c1-3-11-29-24-30-12-8-17(31-24)19-18(15-4-6-16(27)7-5-15)32-20(33-19)21-36-13-25(2,14-37-21)23(35)38-26(9-10-26)22(28)34/h4-8,12,21H,3,9-11,13-14H2,1-2H3,(H2,28,34)(H,32,33)(H,29,30,31). The number of nitrogens with one attached hydrogen (secondary N) is 2. The highest BCUT2D eigenvalue weighted by Crippen LogP contribution is 2.42. The van der Waals surface area contributed by atoms with E-state index in [1.165, 1.54) is 12.1 Å². The lowest BCUT2D eigenvalue weighted by Crippen LogP contribution is -2.47. The van der Waals surface area contributed by atoms with Crippen molar-refractivity contribution < 1.29 is 28.2 Å². The first kappa shape index (κ1) is 25.7. The zero-order chi connectivity index (χ0) is 26.9. The first-order valence-electron chi connectivity index (χ1n) is 12.4. The van der Waals surface area contributed by atoms with Gasteiger partial charge in [0.2, 0.25) is 12.2 Å². The summed E-state index contributed by atoms with van der Waals surface area (Å²) in [5.74, 6) is -0.804. The van der Waals surface area contributed by atoms with Crippen LogP contribution in [-0.2, 0) is 23.8 Å². The van der Waals surface area contributed by atoms with Gasteiger partial charge in [0.15, 0.2) is 11.4 Å². The predicted octanol–water partition coefficient (Wildman–Crippen LogP) is 3.11. The fourth-order valence-electron chi connectivity index (χ4n) is 4.02. The molecule has 1 aromatic carbocycles. The van der Waals surface area contributed by atoms with E-state index in [9.17, 15) is 14.0 Å². The van der Waals surface area contributed by atoms with Gasteiger partial charge in [0.1, 0.15) is 11.2 Å². The van der Waals surface area contributed by atoms with Crippen LogP contribution in [0.4, 0.5) is 10.3 Å². The number of nitrogens with two attached hydrogens (primary N) is 1. The van der Waals surface area contributed by atoms with Crippen LogP contribution in [0.1, 0.15) is 45.2 Å². The fourth-order valence-corrected chi connectivity index (χ4v) is 4.02. The van der Waals surface area contributed by atoms with Crippen molar-refractivity contribution in [2.45, 2.75) is 45.0 Å². The second-order valence-electron chi connectivity index (χ2n) is 9.81. The number of H-pyrrole nitrogens is 1. The molecule has 0 spiro atoms. The summed E-state index contributed by atoms with van der Waals surface area (Å²) < 4.78 is 30.8. The maximum absolute atomic E-state index is 13.6. The topological polar surface area (TPSA) is 154 Å². The zero-order valence-corrected chi connectivity index (χ0v) is 21.1. The highest BCUT2D eigenvalue weighted by Gasteiger charge is 2.55. The average molecular weight is 525 g/mol. The summed E-state index contributed by atoms with van der Waals surface area (Å²) >= 11 is 0. The molecule has 12 heteroatoms. The minimum atomic E-state index is -1.22. The molecule has 2 aliphatic rings. The van der Waals surface area contributed by atoms with Crippen molar-refractivity contribution in [3.8, 4) is 22.6 Å². The van der Waals surface area contributed by atoms with E-state index in [-0.39, 0.29) is 19.0 Å². The summed E-state index contributed by atoms with van der Waals surface area (Å²) in [4.78, 5) is 41.2. The summed E-state index contributed by atoms with van der Waals surface area (Å²) in [5, 5.41) is 3.16. The molecule has 2 fully saturated rings. The van der Waals surface area contributed by atoms with E-state index in [0.717, 1.165) is 6.42 Å². The molecule has 38 heavy (non-hydrogen) atoms. The Morgan fingerprint density at radius 1 is 1.18 bits per heavy atom. The van der Waals surface area contributed by atoms with Crippen LogP contribution >= 0.6 is 0 Å². The van der Waals surface area contributed by atoms with Crippen LogP contribution < -0.4 is 11.1 Å². The molecule has 2 aromatic heterocycles. The van der Waals surface area contributed by atoms with E-state index in [0.29, 0.717) is 53.8 Å². The van der Waals surface area contributed by atoms with Gasteiger partial charge in [-0.15, -0.1) is 0 Å². The van der Waals surface area contributed by atoms with Crippen molar-refractivity contribution in [3.63, 3.8) is 0 Å². The third kappa shape index (κ3) is 5.09. The molecule has 200 valence electrons. The van der Waals surface area contributed by atoms with Crippen molar-refractivity contribution in [1.29, 1.82) is 0 Å². The van der Waals surface area contributed by atoms with E-state index >= 15 is 0 Å². The molecule has 1 amide bonds. The summed E-state index contributed by atoms with van der Waals surface area (Å²) in [6, 6.07) is 7.69. The molecule has 5 rings (SSSR count). The number of esters is 1. The fraction of sp³-hybridized carbons (Fsp3) is 0.423. The quantitative estimate of drug-likeness (QED) is 0.358. The summed E-state index contributed by atoms with van der Waals surface area (Å²) in [6.07, 6.45) is 2.46. The van der Waals surface area contributed by atoms with E-state index < -0.39 is 29.2 Å². The number of benzene rings is 1. The van der Waals surface area contributed by atoms with Crippen LogP contribution in [0, 0.1) is 11.2 Å². The molecular formula is C26H29FN6O5. The number of primary amides is 1. The van der Waals surface area contributed by atoms with Crippen LogP contribution in [0.3, 0.4) is 0 Å². The Hall–Kier alpha value is -3.90. The number of halogens is 1. The van der Waals surface area contributed by atoms with Gasteiger partial charge in [-0.05, 0) is 43.7 Å². The Kier molecular flexibility index (Phi) is 6.84. The number of imidazole rings is 1. The Labute approximate surface area is 218 Å². The van der Waals surface area contributed by atoms with Crippen molar-refractivity contribution in [3.05, 3.63) is 48.2 Å². The van der Waals surface area contributed by atoms with Crippen LogP contribution in [0.5, 0.6) is 0 Å². The van der Waals surface area contributed by atoms with Crippen molar-refractivity contribution >= 4 is 17.8 Å². The molecule has 4 N–H and O–H groups in total. The van der Waals surface area contributed by atoms with Crippen LogP contribution in [-0.4, -0.2) is 57.2 Å². The molecular weight excluding hydrogens is 495 g/mol. The SMILES string of the molecule is CCCNc1nccc(-c2[nH]c(C3OCC(C)(C(=O)OC4(C(N)=O)CC4)CO3)nc2-c2ccc(F)cc2)n1. The zero-order valence-electron chi connectivity index (χ0n) is 21.1. The van der Waals surface area contributed by atoms with Crippen molar-refractivity contribution in [1.82, 2.24) is 19.9 Å². The Bertz CT molecular complexity index is 1330. The maximum atomic E-state index is 13.6. The Balaban J connectivity index is 1.39. The van der Waals surface area contributed by atoms with E-state index in [1.807, 2.05) is 6.92 Å². The van der Waals surface area contributed by atoms with Gasteiger partial charge in [0, 0.05) is 31.1 Å². The molecule has 1 aliphatic carbocycles. The molecule has 1 saturated carbocycles. The Morgan fingerprint density at radius 2 is 1.89 bits per heavy atom. The lowest BCUT2D eigenvalue weighted by Gasteiger charge is -2.35. The number of ether oxygens (including phenoxy) is 3. The number of hydrogen-bond donors (Lipinski definition) is 3. The maximum Gasteiger partial charge on any atom is 0.317 e. The number of aromatic amines is 1. The van der Waals surface area contributed by atoms with Crippen molar-refractivity contribution in [2.24, 2.45) is 11.1 Å². The number of amides is 1. The van der Waals surface area contributed by atoms with Gasteiger partial charge in [-0.3, -0.25) is 9.59 Å². The van der Waals surface area contributed by atoms with Gasteiger partial charge in [0.05, 0.1) is 30.3 Å². The molecule has 0 radical (unpaired) electrons. The molecule has 11 nitrogen and oxygen atoms in total. The van der Waals surface area contributed by atoms with Crippen LogP contribution in [0.2, 0.25) is 0 Å². The number of aromatic nitrogens is 4. The third-order valence-electron chi connectivity index (χ3n) is 6.55. The lowest BCUT2D eigenvalue weighted by molar-refractivity contribution is -0.240. The monoisotopic (exact) mass is 524 g/mol. The van der Waals surface area contributed by atoms with Crippen LogP contribution in [0.25, 0.3) is 22.6 Å². The number of anilines is 1. The van der Waals surface area contributed by atoms with Gasteiger partial charge in [-0.1, -0.05) is 6.92 Å². The molecule has 1 saturated heterocycles. The third-order valence-corrected chi connectivity index (χ3v) is 6.55. The van der Waals surface area contributed by atoms with Crippen LogP contribution in [0.15, 0.2) is 36.5 Å². The first-order valence-corrected chi connectivity index (χ1v) is 12.4. The molecule has 1 aliphatic heterocycles. The summed E-state index contributed by atoms with van der Waals surface area (Å²) in [6.45, 7) is 4.36. The second kappa shape index (κ2) is 10.1. The molecule has 3 heterocycles. The highest BCUT2D eigenvalue weighted by atomic mass is 19.1. The smallest absolute Gasteiger partial charge is 0.317 e.